The first kappa shape index (κ1) is 12.9. The molecule has 0 heterocycles. The lowest BCUT2D eigenvalue weighted by molar-refractivity contribution is 0.0250. The van der Waals surface area contributed by atoms with Gasteiger partial charge in [0.05, 0.1) is 12.7 Å². The van der Waals surface area contributed by atoms with Crippen LogP contribution in [-0.2, 0) is 4.74 Å². The maximum Gasteiger partial charge on any atom is 0.0592 e. The standard InChI is InChI=1S/C12H26N2O/c1-12(2,3)14-10-4-6-11(7-5-10)15-9-8-13/h10-11,14H,4-9,13H2,1-3H3/t10-,11-. The third-order valence-corrected chi connectivity index (χ3v) is 2.78. The van der Waals surface area contributed by atoms with Crippen molar-refractivity contribution in [1.29, 1.82) is 0 Å². The van der Waals surface area contributed by atoms with Gasteiger partial charge >= 0.3 is 0 Å². The molecule has 0 spiro atoms. The first-order valence-electron chi connectivity index (χ1n) is 6.10. The number of nitrogens with one attached hydrogen (secondary N) is 1. The largest absolute Gasteiger partial charge is 0.377 e. The van der Waals surface area contributed by atoms with Crippen molar-refractivity contribution in [3.05, 3.63) is 0 Å². The van der Waals surface area contributed by atoms with Crippen molar-refractivity contribution in [3.63, 3.8) is 0 Å². The summed E-state index contributed by atoms with van der Waals surface area (Å²) in [5.74, 6) is 0. The van der Waals surface area contributed by atoms with Crippen molar-refractivity contribution in [3.8, 4) is 0 Å². The minimum atomic E-state index is 0.232. The van der Waals surface area contributed by atoms with E-state index in [1.807, 2.05) is 0 Å². The minimum Gasteiger partial charge on any atom is -0.377 e. The van der Waals surface area contributed by atoms with Crippen molar-refractivity contribution in [2.24, 2.45) is 5.73 Å². The molecule has 0 aromatic heterocycles. The van der Waals surface area contributed by atoms with E-state index in [1.54, 1.807) is 0 Å². The van der Waals surface area contributed by atoms with E-state index in [0.717, 1.165) is 0 Å². The van der Waals surface area contributed by atoms with Gasteiger partial charge in [-0.25, -0.2) is 0 Å². The lowest BCUT2D eigenvalue weighted by Crippen LogP contribution is -2.46. The lowest BCUT2D eigenvalue weighted by atomic mass is 9.91. The van der Waals surface area contributed by atoms with Gasteiger partial charge in [0.2, 0.25) is 0 Å². The zero-order valence-corrected chi connectivity index (χ0v) is 10.4. The first-order valence-corrected chi connectivity index (χ1v) is 6.10. The van der Waals surface area contributed by atoms with Crippen LogP contribution < -0.4 is 11.1 Å². The maximum absolute atomic E-state index is 5.66. The second kappa shape index (κ2) is 5.83. The first-order chi connectivity index (χ1) is 7.01. The second-order valence-corrected chi connectivity index (χ2v) is 5.53. The summed E-state index contributed by atoms with van der Waals surface area (Å²) in [5.41, 5.74) is 5.65. The van der Waals surface area contributed by atoms with Crippen LogP contribution in [0.2, 0.25) is 0 Å². The van der Waals surface area contributed by atoms with Crippen LogP contribution >= 0.6 is 0 Å². The third-order valence-electron chi connectivity index (χ3n) is 2.78. The van der Waals surface area contributed by atoms with E-state index in [1.165, 1.54) is 25.7 Å². The Hall–Kier alpha value is -0.120. The van der Waals surface area contributed by atoms with Crippen LogP contribution in [0, 0.1) is 0 Å². The summed E-state index contributed by atoms with van der Waals surface area (Å²) in [6.45, 7) is 8.03. The molecular weight excluding hydrogens is 188 g/mol. The van der Waals surface area contributed by atoms with Gasteiger partial charge in [0.15, 0.2) is 0 Å². The Bertz CT molecular complexity index is 169. The van der Waals surface area contributed by atoms with Gasteiger partial charge in [-0.15, -0.1) is 0 Å². The highest BCUT2D eigenvalue weighted by Gasteiger charge is 2.24. The molecule has 0 bridgehead atoms. The molecule has 0 aliphatic heterocycles. The molecule has 0 radical (unpaired) electrons. The van der Waals surface area contributed by atoms with E-state index in [-0.39, 0.29) is 5.54 Å². The summed E-state index contributed by atoms with van der Waals surface area (Å²) < 4.78 is 5.66. The Balaban J connectivity index is 2.18. The molecule has 3 N–H and O–H groups in total. The summed E-state index contributed by atoms with van der Waals surface area (Å²) in [4.78, 5) is 0. The average Bonchev–Trinajstić information content (AvgIpc) is 2.14. The third kappa shape index (κ3) is 5.50. The van der Waals surface area contributed by atoms with Gasteiger partial charge < -0.3 is 15.8 Å². The van der Waals surface area contributed by atoms with Crippen molar-refractivity contribution >= 4 is 0 Å². The number of rotatable bonds is 4. The Morgan fingerprint density at radius 2 is 1.80 bits per heavy atom. The molecule has 0 aromatic carbocycles. The molecule has 1 aliphatic carbocycles. The van der Waals surface area contributed by atoms with Crippen molar-refractivity contribution in [2.45, 2.75) is 64.1 Å². The highest BCUT2D eigenvalue weighted by Crippen LogP contribution is 2.22. The van der Waals surface area contributed by atoms with Crippen molar-refractivity contribution in [2.75, 3.05) is 13.2 Å². The highest BCUT2D eigenvalue weighted by molar-refractivity contribution is 4.83. The Labute approximate surface area is 93.8 Å². The van der Waals surface area contributed by atoms with Crippen LogP contribution in [0.1, 0.15) is 46.5 Å². The maximum atomic E-state index is 5.66. The van der Waals surface area contributed by atoms with Crippen LogP contribution in [0.25, 0.3) is 0 Å². The van der Waals surface area contributed by atoms with Gasteiger partial charge in [-0.05, 0) is 46.5 Å². The fraction of sp³-hybridized carbons (Fsp3) is 1.00. The molecule has 15 heavy (non-hydrogen) atoms. The van der Waals surface area contributed by atoms with E-state index in [2.05, 4.69) is 26.1 Å². The topological polar surface area (TPSA) is 47.3 Å². The smallest absolute Gasteiger partial charge is 0.0592 e. The van der Waals surface area contributed by atoms with Crippen LogP contribution in [0.3, 0.4) is 0 Å². The van der Waals surface area contributed by atoms with Gasteiger partial charge in [0.25, 0.3) is 0 Å². The number of nitrogens with two attached hydrogens (primary N) is 1. The van der Waals surface area contributed by atoms with Gasteiger partial charge in [0.1, 0.15) is 0 Å². The Morgan fingerprint density at radius 3 is 2.27 bits per heavy atom. The molecule has 3 heteroatoms. The predicted molar refractivity (Wildman–Crippen MR) is 63.9 cm³/mol. The quantitative estimate of drug-likeness (QED) is 0.748. The van der Waals surface area contributed by atoms with Crippen molar-refractivity contribution in [1.82, 2.24) is 5.32 Å². The molecule has 3 nitrogen and oxygen atoms in total. The van der Waals surface area contributed by atoms with Crippen LogP contribution in [0.5, 0.6) is 0 Å². The SMILES string of the molecule is CC(C)(C)N[C@H]1CC[C@H](OCCN)CC1. The van der Waals surface area contributed by atoms with E-state index < -0.39 is 0 Å². The summed E-state index contributed by atoms with van der Waals surface area (Å²) in [6.07, 6.45) is 5.26. The summed E-state index contributed by atoms with van der Waals surface area (Å²) in [7, 11) is 0. The molecule has 1 fully saturated rings. The number of hydrogen-bond acceptors (Lipinski definition) is 3. The molecule has 0 atom stereocenters. The molecule has 1 aliphatic rings. The lowest BCUT2D eigenvalue weighted by Gasteiger charge is -2.34. The summed E-state index contributed by atoms with van der Waals surface area (Å²) in [6, 6.07) is 0.669. The normalized spacial score (nSPS) is 28.0. The van der Waals surface area contributed by atoms with Crippen LogP contribution in [0.15, 0.2) is 0 Å². The summed E-state index contributed by atoms with van der Waals surface area (Å²) >= 11 is 0. The Kier molecular flexibility index (Phi) is 5.03. The number of hydrogen-bond donors (Lipinski definition) is 2. The van der Waals surface area contributed by atoms with E-state index in [9.17, 15) is 0 Å². The monoisotopic (exact) mass is 214 g/mol. The molecule has 0 saturated heterocycles. The zero-order valence-electron chi connectivity index (χ0n) is 10.4. The van der Waals surface area contributed by atoms with Gasteiger partial charge in [-0.1, -0.05) is 0 Å². The van der Waals surface area contributed by atoms with Gasteiger partial charge in [0, 0.05) is 18.1 Å². The van der Waals surface area contributed by atoms with Crippen molar-refractivity contribution < 1.29 is 4.74 Å². The van der Waals surface area contributed by atoms with E-state index in [4.69, 9.17) is 10.5 Å². The minimum absolute atomic E-state index is 0.232. The second-order valence-electron chi connectivity index (χ2n) is 5.53. The van der Waals surface area contributed by atoms with Gasteiger partial charge in [-0.3, -0.25) is 0 Å². The zero-order chi connectivity index (χ0) is 11.3. The molecule has 1 saturated carbocycles. The summed E-state index contributed by atoms with van der Waals surface area (Å²) in [5, 5.41) is 3.65. The fourth-order valence-electron chi connectivity index (χ4n) is 2.22. The Morgan fingerprint density at radius 1 is 1.20 bits per heavy atom. The molecule has 90 valence electrons. The van der Waals surface area contributed by atoms with Gasteiger partial charge in [-0.2, -0.15) is 0 Å². The van der Waals surface area contributed by atoms with Crippen LogP contribution in [-0.4, -0.2) is 30.8 Å². The predicted octanol–water partition coefficient (Wildman–Crippen LogP) is 1.66. The average molecular weight is 214 g/mol. The van der Waals surface area contributed by atoms with E-state index in [0.29, 0.717) is 25.3 Å². The highest BCUT2D eigenvalue weighted by atomic mass is 16.5. The molecule has 0 amide bonds. The molecule has 0 aromatic rings. The number of ether oxygens (including phenoxy) is 1. The molecular formula is C12H26N2O. The van der Waals surface area contributed by atoms with E-state index >= 15 is 0 Å². The molecule has 1 rings (SSSR count). The fourth-order valence-corrected chi connectivity index (χ4v) is 2.22. The van der Waals surface area contributed by atoms with Crippen LogP contribution in [0.4, 0.5) is 0 Å². The molecule has 0 unspecified atom stereocenters.